The lowest BCUT2D eigenvalue weighted by atomic mass is 9.96. The predicted octanol–water partition coefficient (Wildman–Crippen LogP) is 0.899. The Bertz CT molecular complexity index is 380. The van der Waals surface area contributed by atoms with Gasteiger partial charge in [-0.15, -0.1) is 0 Å². The fraction of sp³-hybridized carbons (Fsp3) is 0.875. The second kappa shape index (κ2) is 8.48. The summed E-state index contributed by atoms with van der Waals surface area (Å²) in [6, 6.07) is 0. The highest BCUT2D eigenvalue weighted by Crippen LogP contribution is 2.19. The summed E-state index contributed by atoms with van der Waals surface area (Å²) in [7, 11) is 3.53. The first-order valence-electron chi connectivity index (χ1n) is 8.26. The molecule has 6 nitrogen and oxygen atoms in total. The van der Waals surface area contributed by atoms with Crippen LogP contribution < -0.4 is 0 Å². The predicted molar refractivity (Wildman–Crippen MR) is 82.4 cm³/mol. The van der Waals surface area contributed by atoms with Gasteiger partial charge in [-0.1, -0.05) is 0 Å². The second-order valence-electron chi connectivity index (χ2n) is 6.37. The number of hydrogen-bond donors (Lipinski definition) is 0. The molecule has 2 atom stereocenters. The lowest BCUT2D eigenvalue weighted by molar-refractivity contribution is -0.139. The van der Waals surface area contributed by atoms with Crippen LogP contribution in [0.3, 0.4) is 0 Å². The van der Waals surface area contributed by atoms with Crippen LogP contribution in [-0.4, -0.2) is 74.7 Å². The zero-order chi connectivity index (χ0) is 15.9. The van der Waals surface area contributed by atoms with Gasteiger partial charge in [0.2, 0.25) is 11.8 Å². The average molecular weight is 312 g/mol. The van der Waals surface area contributed by atoms with Crippen molar-refractivity contribution in [3.05, 3.63) is 0 Å². The van der Waals surface area contributed by atoms with Crippen molar-refractivity contribution < 1.29 is 19.1 Å². The van der Waals surface area contributed by atoms with Crippen LogP contribution in [0.2, 0.25) is 0 Å². The molecule has 0 saturated carbocycles. The van der Waals surface area contributed by atoms with Crippen LogP contribution in [0.4, 0.5) is 0 Å². The van der Waals surface area contributed by atoms with E-state index in [1.54, 1.807) is 19.0 Å². The van der Waals surface area contributed by atoms with E-state index < -0.39 is 0 Å². The molecule has 126 valence electrons. The maximum Gasteiger partial charge on any atom is 0.226 e. The van der Waals surface area contributed by atoms with Gasteiger partial charge < -0.3 is 19.3 Å². The fourth-order valence-corrected chi connectivity index (χ4v) is 3.08. The monoisotopic (exact) mass is 312 g/mol. The summed E-state index contributed by atoms with van der Waals surface area (Å²) in [4.78, 5) is 27.7. The summed E-state index contributed by atoms with van der Waals surface area (Å²) in [5.41, 5.74) is 0. The van der Waals surface area contributed by atoms with E-state index in [1.165, 1.54) is 0 Å². The highest BCUT2D eigenvalue weighted by atomic mass is 16.5. The highest BCUT2D eigenvalue weighted by Gasteiger charge is 2.29. The minimum atomic E-state index is -0.0551. The van der Waals surface area contributed by atoms with Crippen LogP contribution >= 0.6 is 0 Å². The van der Waals surface area contributed by atoms with Crippen molar-refractivity contribution in [3.8, 4) is 0 Å². The number of ether oxygens (including phenoxy) is 2. The van der Waals surface area contributed by atoms with E-state index in [1.807, 2.05) is 4.90 Å². The van der Waals surface area contributed by atoms with E-state index in [4.69, 9.17) is 9.47 Å². The minimum Gasteiger partial charge on any atom is -0.378 e. The molecule has 2 aliphatic heterocycles. The third-order valence-corrected chi connectivity index (χ3v) is 4.35. The molecule has 0 bridgehead atoms. The molecule has 0 spiro atoms. The number of amides is 2. The molecule has 2 heterocycles. The van der Waals surface area contributed by atoms with Gasteiger partial charge in [0.05, 0.1) is 31.7 Å². The van der Waals surface area contributed by atoms with E-state index in [2.05, 4.69) is 0 Å². The molecule has 2 amide bonds. The van der Waals surface area contributed by atoms with Crippen LogP contribution in [0.15, 0.2) is 0 Å². The summed E-state index contributed by atoms with van der Waals surface area (Å²) in [6.07, 6.45) is 4.50. The van der Waals surface area contributed by atoms with E-state index in [-0.39, 0.29) is 23.8 Å². The molecule has 0 aromatic rings. The normalized spacial score (nSPS) is 25.3. The molecule has 2 fully saturated rings. The topological polar surface area (TPSA) is 59.1 Å². The first-order valence-corrected chi connectivity index (χ1v) is 8.26. The Labute approximate surface area is 132 Å². The van der Waals surface area contributed by atoms with Crippen LogP contribution in [-0.2, 0) is 19.1 Å². The Kier molecular flexibility index (Phi) is 6.64. The number of carbonyl (C=O) groups is 2. The molecule has 0 N–H and O–H groups in total. The quantitative estimate of drug-likeness (QED) is 0.684. The molecule has 2 saturated heterocycles. The molecule has 22 heavy (non-hydrogen) atoms. The van der Waals surface area contributed by atoms with Crippen molar-refractivity contribution in [1.29, 1.82) is 0 Å². The van der Waals surface area contributed by atoms with E-state index in [9.17, 15) is 9.59 Å². The smallest absolute Gasteiger partial charge is 0.226 e. The Morgan fingerprint density at radius 3 is 2.77 bits per heavy atom. The summed E-state index contributed by atoms with van der Waals surface area (Å²) in [5, 5.41) is 0. The van der Waals surface area contributed by atoms with Crippen LogP contribution in [0.5, 0.6) is 0 Å². The third-order valence-electron chi connectivity index (χ3n) is 4.35. The number of nitrogens with zero attached hydrogens (tertiary/aromatic N) is 2. The fourth-order valence-electron chi connectivity index (χ4n) is 3.08. The van der Waals surface area contributed by atoms with E-state index in [0.29, 0.717) is 26.2 Å². The first kappa shape index (κ1) is 17.2. The van der Waals surface area contributed by atoms with Crippen LogP contribution in [0, 0.1) is 5.92 Å². The molecule has 2 aliphatic rings. The van der Waals surface area contributed by atoms with Gasteiger partial charge in [0.25, 0.3) is 0 Å². The molecule has 0 aromatic heterocycles. The summed E-state index contributed by atoms with van der Waals surface area (Å²) in [6.45, 7) is 3.13. The van der Waals surface area contributed by atoms with Gasteiger partial charge in [0.15, 0.2) is 0 Å². The molecule has 2 unspecified atom stereocenters. The van der Waals surface area contributed by atoms with Gasteiger partial charge in [-0.25, -0.2) is 0 Å². The molecule has 0 aromatic carbocycles. The van der Waals surface area contributed by atoms with Crippen molar-refractivity contribution in [2.75, 3.05) is 47.0 Å². The zero-order valence-corrected chi connectivity index (χ0v) is 13.8. The zero-order valence-electron chi connectivity index (χ0n) is 13.8. The van der Waals surface area contributed by atoms with Crippen molar-refractivity contribution in [3.63, 3.8) is 0 Å². The van der Waals surface area contributed by atoms with Gasteiger partial charge in [-0.05, 0) is 25.7 Å². The Morgan fingerprint density at radius 2 is 2.09 bits per heavy atom. The Balaban J connectivity index is 1.66. The molecular formula is C16H28N2O4. The number of likely N-dealkylation sites (tertiary alicyclic amines) is 1. The standard InChI is InChI=1S/C16H28N2O4/c1-17(2)16(20)13-5-3-8-18(11-13)15(19)7-10-21-12-14-6-4-9-22-14/h13-14H,3-12H2,1-2H3. The molecule has 2 rings (SSSR count). The Morgan fingerprint density at radius 1 is 1.27 bits per heavy atom. The van der Waals surface area contributed by atoms with Gasteiger partial charge in [0.1, 0.15) is 0 Å². The van der Waals surface area contributed by atoms with Crippen molar-refractivity contribution in [2.45, 2.75) is 38.2 Å². The van der Waals surface area contributed by atoms with Gasteiger partial charge in [-0.2, -0.15) is 0 Å². The molecular weight excluding hydrogens is 284 g/mol. The van der Waals surface area contributed by atoms with Crippen LogP contribution in [0.1, 0.15) is 32.1 Å². The number of rotatable bonds is 6. The van der Waals surface area contributed by atoms with Gasteiger partial charge in [0, 0.05) is 33.8 Å². The molecule has 0 aliphatic carbocycles. The number of carbonyl (C=O) groups excluding carboxylic acids is 2. The molecule has 6 heteroatoms. The van der Waals surface area contributed by atoms with E-state index in [0.717, 1.165) is 38.8 Å². The maximum atomic E-state index is 12.2. The Hall–Kier alpha value is -1.14. The van der Waals surface area contributed by atoms with Gasteiger partial charge in [-0.3, -0.25) is 9.59 Å². The first-order chi connectivity index (χ1) is 10.6. The average Bonchev–Trinajstić information content (AvgIpc) is 3.04. The third kappa shape index (κ3) is 4.95. The summed E-state index contributed by atoms with van der Waals surface area (Å²) in [5.74, 6) is 0.149. The highest BCUT2D eigenvalue weighted by molar-refractivity contribution is 5.81. The summed E-state index contributed by atoms with van der Waals surface area (Å²) < 4.78 is 11.0. The van der Waals surface area contributed by atoms with Crippen LogP contribution in [0.25, 0.3) is 0 Å². The number of piperidine rings is 1. The lowest BCUT2D eigenvalue weighted by Gasteiger charge is -2.33. The van der Waals surface area contributed by atoms with E-state index >= 15 is 0 Å². The van der Waals surface area contributed by atoms with Crippen molar-refractivity contribution >= 4 is 11.8 Å². The second-order valence-corrected chi connectivity index (χ2v) is 6.37. The maximum absolute atomic E-state index is 12.2. The molecule has 0 radical (unpaired) electrons. The van der Waals surface area contributed by atoms with Crippen molar-refractivity contribution in [1.82, 2.24) is 9.80 Å². The lowest BCUT2D eigenvalue weighted by Crippen LogP contribution is -2.45. The SMILES string of the molecule is CN(C)C(=O)C1CCCN(C(=O)CCOCC2CCCO2)C1. The number of hydrogen-bond acceptors (Lipinski definition) is 4. The minimum absolute atomic E-state index is 0.0551. The largest absolute Gasteiger partial charge is 0.378 e. The summed E-state index contributed by atoms with van der Waals surface area (Å²) >= 11 is 0. The van der Waals surface area contributed by atoms with Crippen molar-refractivity contribution in [2.24, 2.45) is 5.92 Å². The van der Waals surface area contributed by atoms with Gasteiger partial charge >= 0.3 is 0 Å².